The minimum absolute atomic E-state index is 1.19. The van der Waals surface area contributed by atoms with Gasteiger partial charge in [0.05, 0.1) is 5.52 Å². The first kappa shape index (κ1) is 6.46. The molecular weight excluding hydrogens is 135 g/mol. The Balaban J connectivity index is 2.91. The average molecular weight is 144 g/mol. The minimum Gasteiger partial charge on any atom is -0.241 e. The van der Waals surface area contributed by atoms with Crippen molar-refractivity contribution in [3.8, 4) is 0 Å². The third-order valence-electron chi connectivity index (χ3n) is 1.84. The van der Waals surface area contributed by atoms with Crippen LogP contribution in [0.5, 0.6) is 0 Å². The molecule has 0 aliphatic rings. The molecule has 0 aromatic carbocycles. The quantitative estimate of drug-likeness (QED) is 0.472. The predicted octanol–water partition coefficient (Wildman–Crippen LogP) is -0.0989. The second-order valence-electron chi connectivity index (χ2n) is 2.86. The highest BCUT2D eigenvalue weighted by Gasteiger charge is 1.96. The zero-order valence-electron chi connectivity index (χ0n) is 6.70. The SMILES string of the molecule is Bc1cc(C)c2ccnn2c1. The summed E-state index contributed by atoms with van der Waals surface area (Å²) in [5.74, 6) is 0. The van der Waals surface area contributed by atoms with E-state index in [0.717, 1.165) is 0 Å². The van der Waals surface area contributed by atoms with Gasteiger partial charge in [-0.1, -0.05) is 11.5 Å². The first-order chi connectivity index (χ1) is 5.27. The molecule has 0 aliphatic carbocycles. The van der Waals surface area contributed by atoms with Gasteiger partial charge >= 0.3 is 0 Å². The van der Waals surface area contributed by atoms with E-state index in [1.54, 1.807) is 0 Å². The summed E-state index contributed by atoms with van der Waals surface area (Å²) in [7, 11) is 2.08. The molecule has 0 saturated heterocycles. The molecule has 0 aliphatic heterocycles. The molecule has 0 spiro atoms. The van der Waals surface area contributed by atoms with Crippen LogP contribution >= 0.6 is 0 Å². The lowest BCUT2D eigenvalue weighted by molar-refractivity contribution is 0.962. The van der Waals surface area contributed by atoms with Crippen LogP contribution in [-0.4, -0.2) is 17.5 Å². The monoisotopic (exact) mass is 144 g/mol. The van der Waals surface area contributed by atoms with Crippen molar-refractivity contribution in [1.82, 2.24) is 9.61 Å². The lowest BCUT2D eigenvalue weighted by atomic mass is 9.97. The predicted molar refractivity (Wildman–Crippen MR) is 48.1 cm³/mol. The Morgan fingerprint density at radius 1 is 1.55 bits per heavy atom. The lowest BCUT2D eigenvalue weighted by Gasteiger charge is -1.99. The second-order valence-corrected chi connectivity index (χ2v) is 2.86. The number of hydrogen-bond donors (Lipinski definition) is 0. The lowest BCUT2D eigenvalue weighted by Crippen LogP contribution is -2.06. The van der Waals surface area contributed by atoms with Gasteiger partial charge in [0.2, 0.25) is 0 Å². The van der Waals surface area contributed by atoms with Crippen LogP contribution in [0.4, 0.5) is 0 Å². The third kappa shape index (κ3) is 0.927. The summed E-state index contributed by atoms with van der Waals surface area (Å²) in [6.45, 7) is 2.10. The van der Waals surface area contributed by atoms with Gasteiger partial charge < -0.3 is 0 Å². The normalized spacial score (nSPS) is 10.6. The molecule has 0 atom stereocenters. The van der Waals surface area contributed by atoms with E-state index in [4.69, 9.17) is 0 Å². The van der Waals surface area contributed by atoms with Gasteiger partial charge in [-0.25, -0.2) is 4.52 Å². The van der Waals surface area contributed by atoms with Gasteiger partial charge in [0.25, 0.3) is 0 Å². The van der Waals surface area contributed by atoms with Crippen LogP contribution < -0.4 is 5.46 Å². The van der Waals surface area contributed by atoms with Crippen LogP contribution in [0, 0.1) is 6.92 Å². The van der Waals surface area contributed by atoms with E-state index < -0.39 is 0 Å². The largest absolute Gasteiger partial charge is 0.241 e. The third-order valence-corrected chi connectivity index (χ3v) is 1.84. The fraction of sp³-hybridized carbons (Fsp3) is 0.125. The Hall–Kier alpha value is -1.25. The summed E-state index contributed by atoms with van der Waals surface area (Å²) in [5.41, 5.74) is 3.72. The number of fused-ring (bicyclic) bond motifs is 1. The number of nitrogens with zero attached hydrogens (tertiary/aromatic N) is 2. The molecule has 2 rings (SSSR count). The molecular formula is C8H9BN2. The smallest absolute Gasteiger partial charge is 0.141 e. The van der Waals surface area contributed by atoms with Gasteiger partial charge in [0.15, 0.2) is 0 Å². The number of aromatic nitrogens is 2. The Morgan fingerprint density at radius 2 is 2.36 bits per heavy atom. The summed E-state index contributed by atoms with van der Waals surface area (Å²) in [4.78, 5) is 0. The van der Waals surface area contributed by atoms with Gasteiger partial charge in [0.1, 0.15) is 7.85 Å². The van der Waals surface area contributed by atoms with E-state index in [-0.39, 0.29) is 0 Å². The van der Waals surface area contributed by atoms with Gasteiger partial charge in [-0.2, -0.15) is 5.10 Å². The topological polar surface area (TPSA) is 17.3 Å². The van der Waals surface area contributed by atoms with E-state index in [1.807, 2.05) is 23.0 Å². The molecule has 54 valence electrons. The van der Waals surface area contributed by atoms with E-state index in [1.165, 1.54) is 16.5 Å². The highest BCUT2D eigenvalue weighted by Crippen LogP contribution is 2.05. The molecule has 2 aromatic rings. The molecule has 0 amide bonds. The Bertz CT molecular complexity index is 392. The Morgan fingerprint density at radius 3 is 3.18 bits per heavy atom. The fourth-order valence-corrected chi connectivity index (χ4v) is 1.37. The van der Waals surface area contributed by atoms with Crippen LogP contribution in [0.25, 0.3) is 5.52 Å². The van der Waals surface area contributed by atoms with E-state index in [0.29, 0.717) is 0 Å². The first-order valence-electron chi connectivity index (χ1n) is 3.68. The molecule has 0 bridgehead atoms. The molecule has 2 nitrogen and oxygen atoms in total. The number of aryl methyl sites for hydroxylation is 1. The van der Waals surface area contributed by atoms with Crippen LogP contribution in [-0.2, 0) is 0 Å². The van der Waals surface area contributed by atoms with Gasteiger partial charge in [0, 0.05) is 12.4 Å². The summed E-state index contributed by atoms with van der Waals surface area (Å²) < 4.78 is 1.91. The summed E-state index contributed by atoms with van der Waals surface area (Å²) >= 11 is 0. The van der Waals surface area contributed by atoms with Crippen molar-refractivity contribution in [2.45, 2.75) is 6.92 Å². The van der Waals surface area contributed by atoms with Crippen molar-refractivity contribution < 1.29 is 0 Å². The molecule has 0 radical (unpaired) electrons. The number of rotatable bonds is 0. The molecule has 0 unspecified atom stereocenters. The maximum absolute atomic E-state index is 4.16. The second kappa shape index (κ2) is 2.12. The maximum Gasteiger partial charge on any atom is 0.141 e. The van der Waals surface area contributed by atoms with Crippen molar-refractivity contribution >= 4 is 18.8 Å². The van der Waals surface area contributed by atoms with Gasteiger partial charge in [-0.3, -0.25) is 0 Å². The van der Waals surface area contributed by atoms with Crippen molar-refractivity contribution in [2.24, 2.45) is 0 Å². The van der Waals surface area contributed by atoms with Gasteiger partial charge in [-0.15, -0.1) is 0 Å². The van der Waals surface area contributed by atoms with E-state index in [9.17, 15) is 0 Å². The minimum atomic E-state index is 1.19. The first-order valence-corrected chi connectivity index (χ1v) is 3.68. The molecule has 11 heavy (non-hydrogen) atoms. The zero-order chi connectivity index (χ0) is 7.84. The summed E-state index contributed by atoms with van der Waals surface area (Å²) in [6, 6.07) is 4.19. The Kier molecular flexibility index (Phi) is 1.25. The zero-order valence-corrected chi connectivity index (χ0v) is 6.70. The molecule has 2 aromatic heterocycles. The highest BCUT2D eigenvalue weighted by atomic mass is 15.2. The summed E-state index contributed by atoms with van der Waals surface area (Å²) in [5, 5.41) is 4.16. The van der Waals surface area contributed by atoms with Crippen LogP contribution in [0.1, 0.15) is 5.56 Å². The molecule has 0 fully saturated rings. The highest BCUT2D eigenvalue weighted by molar-refractivity contribution is 6.32. The van der Waals surface area contributed by atoms with Crippen molar-refractivity contribution in [1.29, 1.82) is 0 Å². The molecule has 0 saturated carbocycles. The maximum atomic E-state index is 4.16. The Labute approximate surface area is 66.3 Å². The molecule has 2 heterocycles. The summed E-state index contributed by atoms with van der Waals surface area (Å²) in [6.07, 6.45) is 3.85. The van der Waals surface area contributed by atoms with Crippen molar-refractivity contribution in [3.05, 3.63) is 30.1 Å². The van der Waals surface area contributed by atoms with Crippen LogP contribution in [0.3, 0.4) is 0 Å². The van der Waals surface area contributed by atoms with Gasteiger partial charge in [-0.05, 0) is 18.6 Å². The molecule has 3 heteroatoms. The van der Waals surface area contributed by atoms with Crippen LogP contribution in [0.15, 0.2) is 24.5 Å². The van der Waals surface area contributed by atoms with Crippen LogP contribution in [0.2, 0.25) is 0 Å². The molecule has 0 N–H and O–H groups in total. The number of hydrogen-bond acceptors (Lipinski definition) is 1. The van der Waals surface area contributed by atoms with Crippen molar-refractivity contribution in [3.63, 3.8) is 0 Å². The van der Waals surface area contributed by atoms with Crippen molar-refractivity contribution in [2.75, 3.05) is 0 Å². The van der Waals surface area contributed by atoms with E-state index in [2.05, 4.69) is 25.9 Å². The average Bonchev–Trinajstić information content (AvgIpc) is 2.34. The fourth-order valence-electron chi connectivity index (χ4n) is 1.37. The number of pyridine rings is 1. The standard InChI is InChI=1S/C8H9BN2/c1-6-4-7(9)5-11-8(6)2-3-10-11/h2-5H,9H2,1H3. The van der Waals surface area contributed by atoms with E-state index >= 15 is 0 Å².